The van der Waals surface area contributed by atoms with Crippen LogP contribution in [0, 0.1) is 5.92 Å². The number of morpholine rings is 1. The first-order valence-corrected chi connectivity index (χ1v) is 7.82. The van der Waals surface area contributed by atoms with E-state index >= 15 is 0 Å². The van der Waals surface area contributed by atoms with E-state index in [1.807, 2.05) is 0 Å². The summed E-state index contributed by atoms with van der Waals surface area (Å²) in [5, 5.41) is 0. The van der Waals surface area contributed by atoms with Crippen molar-refractivity contribution in [1.82, 2.24) is 14.4 Å². The number of aryl methyl sites for hydroxylation is 1. The highest BCUT2D eigenvalue weighted by Crippen LogP contribution is 2.29. The second kappa shape index (κ2) is 6.29. The first-order valence-electron chi connectivity index (χ1n) is 7.82. The van der Waals surface area contributed by atoms with Crippen molar-refractivity contribution in [3.05, 3.63) is 24.0 Å². The number of hydrogen-bond acceptors (Lipinski definition) is 3. The Labute approximate surface area is 122 Å². The lowest BCUT2D eigenvalue weighted by molar-refractivity contribution is -0.0434. The molecule has 0 bridgehead atoms. The van der Waals surface area contributed by atoms with Gasteiger partial charge in [0.15, 0.2) is 0 Å². The molecule has 0 unspecified atom stereocenters. The predicted octanol–water partition coefficient (Wildman–Crippen LogP) is 1.57. The van der Waals surface area contributed by atoms with Crippen LogP contribution >= 0.6 is 0 Å². The van der Waals surface area contributed by atoms with Gasteiger partial charge in [-0.3, -0.25) is 4.90 Å². The minimum Gasteiger partial charge on any atom is -0.374 e. The smallest absolute Gasteiger partial charge is 0.0829 e. The molecule has 4 heteroatoms. The Morgan fingerprint density at radius 3 is 2.90 bits per heavy atom. The zero-order chi connectivity index (χ0) is 13.9. The molecular weight excluding hydrogens is 250 g/mol. The zero-order valence-electron chi connectivity index (χ0n) is 12.8. The monoisotopic (exact) mass is 277 g/mol. The lowest BCUT2D eigenvalue weighted by Gasteiger charge is -2.34. The van der Waals surface area contributed by atoms with Gasteiger partial charge < -0.3 is 14.2 Å². The molecule has 1 saturated heterocycles. The minimum absolute atomic E-state index is 0.371. The van der Waals surface area contributed by atoms with Gasteiger partial charge in [-0.2, -0.15) is 0 Å². The molecule has 0 aromatic carbocycles. The highest BCUT2D eigenvalue weighted by atomic mass is 16.5. The fourth-order valence-electron chi connectivity index (χ4n) is 3.11. The summed E-state index contributed by atoms with van der Waals surface area (Å²) >= 11 is 0. The lowest BCUT2D eigenvalue weighted by atomic mass is 10.2. The maximum Gasteiger partial charge on any atom is 0.0829 e. The Morgan fingerprint density at radius 1 is 1.35 bits per heavy atom. The van der Waals surface area contributed by atoms with Gasteiger partial charge in [-0.05, 0) is 37.4 Å². The standard InChI is InChI=1S/C16H27N3O/c1-17-6-5-15(10-17)11-19-7-8-20-16(13-19)12-18(2)9-14-3-4-14/h5-6,10,14,16H,3-4,7-9,11-13H2,1-2H3/t16-/m0/s1. The van der Waals surface area contributed by atoms with Gasteiger partial charge in [-0.1, -0.05) is 0 Å². The van der Waals surface area contributed by atoms with Crippen molar-refractivity contribution in [3.63, 3.8) is 0 Å². The van der Waals surface area contributed by atoms with E-state index in [1.54, 1.807) is 0 Å². The summed E-state index contributed by atoms with van der Waals surface area (Å²) in [5.41, 5.74) is 1.40. The molecule has 3 rings (SSSR count). The highest BCUT2D eigenvalue weighted by molar-refractivity contribution is 5.09. The largest absolute Gasteiger partial charge is 0.374 e. The molecule has 1 aromatic heterocycles. The summed E-state index contributed by atoms with van der Waals surface area (Å²) in [7, 11) is 4.32. The molecule has 1 atom stereocenters. The molecular formula is C16H27N3O. The van der Waals surface area contributed by atoms with E-state index < -0.39 is 0 Å². The van der Waals surface area contributed by atoms with Crippen LogP contribution in [0.2, 0.25) is 0 Å². The Bertz CT molecular complexity index is 427. The van der Waals surface area contributed by atoms with Crippen LogP contribution in [0.5, 0.6) is 0 Å². The Morgan fingerprint density at radius 2 is 2.20 bits per heavy atom. The molecule has 2 heterocycles. The maximum absolute atomic E-state index is 5.94. The van der Waals surface area contributed by atoms with Gasteiger partial charge in [-0.15, -0.1) is 0 Å². The number of aromatic nitrogens is 1. The van der Waals surface area contributed by atoms with Crippen molar-refractivity contribution in [2.45, 2.75) is 25.5 Å². The van der Waals surface area contributed by atoms with E-state index in [9.17, 15) is 0 Å². The first-order chi connectivity index (χ1) is 9.69. The second-order valence-electron chi connectivity index (χ2n) is 6.58. The lowest BCUT2D eigenvalue weighted by Crippen LogP contribution is -2.46. The molecule has 2 fully saturated rings. The first kappa shape index (κ1) is 14.1. The number of nitrogens with zero attached hydrogens (tertiary/aromatic N) is 3. The third-order valence-corrected chi connectivity index (χ3v) is 4.30. The topological polar surface area (TPSA) is 20.6 Å². The number of ether oxygens (including phenoxy) is 1. The fraction of sp³-hybridized carbons (Fsp3) is 0.750. The van der Waals surface area contributed by atoms with Crippen LogP contribution in [0.25, 0.3) is 0 Å². The van der Waals surface area contributed by atoms with Crippen molar-refractivity contribution < 1.29 is 4.74 Å². The highest BCUT2D eigenvalue weighted by Gasteiger charge is 2.26. The molecule has 2 aliphatic rings. The average molecular weight is 277 g/mol. The predicted molar refractivity (Wildman–Crippen MR) is 80.7 cm³/mol. The van der Waals surface area contributed by atoms with Gasteiger partial charge in [-0.25, -0.2) is 0 Å². The number of hydrogen-bond donors (Lipinski definition) is 0. The third-order valence-electron chi connectivity index (χ3n) is 4.30. The summed E-state index contributed by atoms with van der Waals surface area (Å²) in [5.74, 6) is 0.962. The molecule has 112 valence electrons. The summed E-state index contributed by atoms with van der Waals surface area (Å²) in [4.78, 5) is 4.98. The van der Waals surface area contributed by atoms with Crippen LogP contribution in [0.4, 0.5) is 0 Å². The fourth-order valence-corrected chi connectivity index (χ4v) is 3.11. The van der Waals surface area contributed by atoms with Gasteiger partial charge in [0.25, 0.3) is 0 Å². The molecule has 4 nitrogen and oxygen atoms in total. The summed E-state index contributed by atoms with van der Waals surface area (Å²) in [6.45, 7) is 6.35. The molecule has 20 heavy (non-hydrogen) atoms. The van der Waals surface area contributed by atoms with Crippen LogP contribution < -0.4 is 0 Å². The van der Waals surface area contributed by atoms with Crippen LogP contribution in [0.1, 0.15) is 18.4 Å². The van der Waals surface area contributed by atoms with Gasteiger partial charge in [0.2, 0.25) is 0 Å². The molecule has 0 N–H and O–H groups in total. The van der Waals surface area contributed by atoms with E-state index in [4.69, 9.17) is 4.74 Å². The summed E-state index contributed by atoms with van der Waals surface area (Å²) < 4.78 is 8.06. The van der Waals surface area contributed by atoms with Gasteiger partial charge in [0.1, 0.15) is 0 Å². The van der Waals surface area contributed by atoms with Crippen LogP contribution in [-0.2, 0) is 18.3 Å². The van der Waals surface area contributed by atoms with Crippen molar-refractivity contribution in [3.8, 4) is 0 Å². The Balaban J connectivity index is 1.45. The van der Waals surface area contributed by atoms with E-state index in [0.29, 0.717) is 6.10 Å². The van der Waals surface area contributed by atoms with Crippen molar-refractivity contribution in [2.75, 3.05) is 39.8 Å². The van der Waals surface area contributed by atoms with Crippen molar-refractivity contribution >= 4 is 0 Å². The van der Waals surface area contributed by atoms with Gasteiger partial charge >= 0.3 is 0 Å². The van der Waals surface area contributed by atoms with Crippen LogP contribution in [0.3, 0.4) is 0 Å². The van der Waals surface area contributed by atoms with E-state index in [1.165, 1.54) is 24.9 Å². The second-order valence-corrected chi connectivity index (χ2v) is 6.58. The van der Waals surface area contributed by atoms with Crippen molar-refractivity contribution in [1.29, 1.82) is 0 Å². The molecule has 1 aliphatic carbocycles. The zero-order valence-corrected chi connectivity index (χ0v) is 12.8. The van der Waals surface area contributed by atoms with Gasteiger partial charge in [0.05, 0.1) is 12.7 Å². The van der Waals surface area contributed by atoms with Crippen LogP contribution in [0.15, 0.2) is 18.5 Å². The Kier molecular flexibility index (Phi) is 4.44. The number of rotatable bonds is 6. The van der Waals surface area contributed by atoms with E-state index in [-0.39, 0.29) is 0 Å². The molecule has 0 amide bonds. The average Bonchev–Trinajstić information content (AvgIpc) is 3.11. The molecule has 0 spiro atoms. The Hall–Kier alpha value is -0.840. The molecule has 1 saturated carbocycles. The maximum atomic E-state index is 5.94. The van der Waals surface area contributed by atoms with E-state index in [2.05, 4.69) is 46.9 Å². The van der Waals surface area contributed by atoms with Gasteiger partial charge in [0, 0.05) is 52.2 Å². The molecule has 1 aromatic rings. The SMILES string of the molecule is CN(CC1CC1)C[C@H]1CN(Cc2ccn(C)c2)CCO1. The summed E-state index contributed by atoms with van der Waals surface area (Å²) in [6.07, 6.45) is 7.56. The number of likely N-dealkylation sites (N-methyl/N-ethyl adjacent to an activating group) is 1. The molecule has 1 aliphatic heterocycles. The van der Waals surface area contributed by atoms with Crippen molar-refractivity contribution in [2.24, 2.45) is 13.0 Å². The normalized spacial score (nSPS) is 24.4. The summed E-state index contributed by atoms with van der Waals surface area (Å²) in [6, 6.07) is 2.21. The minimum atomic E-state index is 0.371. The van der Waals surface area contributed by atoms with E-state index in [0.717, 1.165) is 38.7 Å². The molecule has 0 radical (unpaired) electrons. The quantitative estimate of drug-likeness (QED) is 0.787. The van der Waals surface area contributed by atoms with Crippen LogP contribution in [-0.4, -0.2) is 60.3 Å². The third kappa shape index (κ3) is 4.08.